The number of carboxylic acids is 1. The summed E-state index contributed by atoms with van der Waals surface area (Å²) < 4.78 is 22.9. The fourth-order valence-electron chi connectivity index (χ4n) is 5.76. The summed E-state index contributed by atoms with van der Waals surface area (Å²) in [6, 6.07) is 8.02. The van der Waals surface area contributed by atoms with Crippen molar-refractivity contribution >= 4 is 40.1 Å². The summed E-state index contributed by atoms with van der Waals surface area (Å²) in [6.45, 7) is 3.76. The maximum absolute atomic E-state index is 14.0. The second kappa shape index (κ2) is 11.6. The summed E-state index contributed by atoms with van der Waals surface area (Å²) >= 11 is 13.4. The Kier molecular flexibility index (Phi) is 7.91. The molecule has 0 aliphatic carbocycles. The third kappa shape index (κ3) is 5.53. The van der Waals surface area contributed by atoms with Gasteiger partial charge in [-0.05, 0) is 55.6 Å². The molecule has 0 bridgehead atoms. The number of imidazole rings is 1. The van der Waals surface area contributed by atoms with Gasteiger partial charge < -0.3 is 19.5 Å². The average molecular weight is 602 g/mol. The summed E-state index contributed by atoms with van der Waals surface area (Å²) in [5.41, 5.74) is 2.63. The van der Waals surface area contributed by atoms with Gasteiger partial charge in [-0.15, -0.1) is 0 Å². The molecule has 1 fully saturated rings. The fraction of sp³-hybridized carbons (Fsp3) is 0.414. The van der Waals surface area contributed by atoms with Gasteiger partial charge in [0.05, 0.1) is 28.6 Å². The molecule has 2 aromatic heterocycles. The number of hydrogen-bond donors (Lipinski definition) is 2. The number of ether oxygens (including phenoxy) is 1. The number of aliphatic carboxylic acids is 1. The first-order chi connectivity index (χ1) is 19.8. The van der Waals surface area contributed by atoms with Crippen molar-refractivity contribution in [3.8, 4) is 16.9 Å². The molecule has 216 valence electrons. The molecule has 9 nitrogen and oxygen atoms in total. The van der Waals surface area contributed by atoms with Crippen LogP contribution in [0.25, 0.3) is 22.0 Å². The van der Waals surface area contributed by atoms with Crippen molar-refractivity contribution in [2.24, 2.45) is 5.92 Å². The van der Waals surface area contributed by atoms with E-state index in [9.17, 15) is 19.4 Å². The lowest BCUT2D eigenvalue weighted by molar-refractivity contribution is -0.139. The molecule has 1 saturated heterocycles. The highest BCUT2D eigenvalue weighted by molar-refractivity contribution is 6.42. The monoisotopic (exact) mass is 601 g/mol. The molecule has 0 amide bonds. The van der Waals surface area contributed by atoms with Gasteiger partial charge in [0.25, 0.3) is 0 Å². The van der Waals surface area contributed by atoms with Crippen LogP contribution < -0.4 is 4.74 Å². The number of benzene rings is 2. The van der Waals surface area contributed by atoms with Crippen LogP contribution in [0.3, 0.4) is 0 Å². The Bertz CT molecular complexity index is 1570. The van der Waals surface area contributed by atoms with Crippen LogP contribution in [0.2, 0.25) is 10.0 Å². The third-order valence-electron chi connectivity index (χ3n) is 8.06. The van der Waals surface area contributed by atoms with Crippen LogP contribution in [0.5, 0.6) is 5.75 Å². The first-order valence-corrected chi connectivity index (χ1v) is 14.4. The molecule has 2 aromatic carbocycles. The van der Waals surface area contributed by atoms with E-state index in [1.807, 2.05) is 24.3 Å². The molecular formula is C29H30Cl2FN5O4. The van der Waals surface area contributed by atoms with Crippen LogP contribution in [0.1, 0.15) is 30.3 Å². The SMILES string of the molecule is O=C(O)C(c1ncn2c1C[C@@H](F)C2)n1cc2c(Cl)cc(-c3ccc(OCCN4CCC(CO)CC4)cc3)c(Cl)c2n1. The van der Waals surface area contributed by atoms with E-state index in [0.717, 1.165) is 43.8 Å². The largest absolute Gasteiger partial charge is 0.492 e. The topological polar surface area (TPSA) is 106 Å². The van der Waals surface area contributed by atoms with Crippen LogP contribution in [0.4, 0.5) is 4.39 Å². The number of nitrogens with zero attached hydrogens (tertiary/aromatic N) is 5. The molecule has 4 aromatic rings. The van der Waals surface area contributed by atoms with E-state index in [0.29, 0.717) is 44.7 Å². The van der Waals surface area contributed by atoms with E-state index in [1.165, 1.54) is 11.0 Å². The van der Waals surface area contributed by atoms with Crippen molar-refractivity contribution < 1.29 is 24.1 Å². The Morgan fingerprint density at radius 1 is 1.20 bits per heavy atom. The minimum absolute atomic E-state index is 0.106. The number of aliphatic hydroxyl groups is 1. The summed E-state index contributed by atoms with van der Waals surface area (Å²) in [4.78, 5) is 19.0. The Morgan fingerprint density at radius 2 is 1.95 bits per heavy atom. The van der Waals surface area contributed by atoms with E-state index < -0.39 is 18.2 Å². The van der Waals surface area contributed by atoms with Crippen molar-refractivity contribution in [2.75, 3.05) is 32.8 Å². The molecule has 41 heavy (non-hydrogen) atoms. The molecule has 6 rings (SSSR count). The maximum atomic E-state index is 14.0. The van der Waals surface area contributed by atoms with Crippen molar-refractivity contribution in [3.63, 3.8) is 0 Å². The summed E-state index contributed by atoms with van der Waals surface area (Å²) in [5, 5.41) is 25.1. The quantitative estimate of drug-likeness (QED) is 0.282. The number of rotatable bonds is 9. The lowest BCUT2D eigenvalue weighted by atomic mass is 9.98. The number of fused-ring (bicyclic) bond motifs is 2. The summed E-state index contributed by atoms with van der Waals surface area (Å²) in [6.07, 6.45) is 4.07. The fourth-order valence-corrected chi connectivity index (χ4v) is 6.31. The van der Waals surface area contributed by atoms with Gasteiger partial charge in [-0.3, -0.25) is 9.58 Å². The van der Waals surface area contributed by atoms with Crippen LogP contribution in [-0.4, -0.2) is 79.4 Å². The van der Waals surface area contributed by atoms with E-state index in [2.05, 4.69) is 15.0 Å². The summed E-state index contributed by atoms with van der Waals surface area (Å²) in [7, 11) is 0. The van der Waals surface area contributed by atoms with E-state index in [-0.39, 0.29) is 25.3 Å². The highest BCUT2D eigenvalue weighted by atomic mass is 35.5. The molecule has 0 saturated carbocycles. The van der Waals surface area contributed by atoms with Crippen molar-refractivity contribution in [1.29, 1.82) is 0 Å². The zero-order chi connectivity index (χ0) is 28.7. The number of halogens is 3. The van der Waals surface area contributed by atoms with Crippen LogP contribution in [-0.2, 0) is 17.8 Å². The number of aromatic nitrogens is 4. The van der Waals surface area contributed by atoms with E-state index in [4.69, 9.17) is 27.9 Å². The van der Waals surface area contributed by atoms with Crippen molar-refractivity contribution in [2.45, 2.75) is 38.0 Å². The smallest absolute Gasteiger partial charge is 0.334 e. The standard InChI is InChI=1S/C29H30Cl2FN5O4/c30-23-12-21(18-1-3-20(4-2-18)41-10-9-35-7-5-17(15-38)6-8-35)25(31)26-22(23)14-37(34-26)28(29(39)40)27-24-11-19(32)13-36(24)16-33-27/h1-4,12,14,16-17,19,28,38H,5-11,13,15H2,(H,39,40)/t19-,28?/m1/s1. The van der Waals surface area contributed by atoms with Gasteiger partial charge in [-0.25, -0.2) is 14.2 Å². The van der Waals surface area contributed by atoms with Crippen molar-refractivity contribution in [3.05, 3.63) is 64.3 Å². The Hall–Kier alpha value is -3.18. The van der Waals surface area contributed by atoms with E-state index >= 15 is 0 Å². The zero-order valence-corrected chi connectivity index (χ0v) is 23.7. The number of carboxylic acid groups (broad SMARTS) is 1. The second-order valence-electron chi connectivity index (χ2n) is 10.7. The number of likely N-dealkylation sites (tertiary alicyclic amines) is 1. The number of carbonyl (C=O) groups is 1. The molecular weight excluding hydrogens is 572 g/mol. The second-order valence-corrected chi connectivity index (χ2v) is 11.5. The van der Waals surface area contributed by atoms with Gasteiger partial charge in [0, 0.05) is 42.4 Å². The van der Waals surface area contributed by atoms with Crippen LogP contribution in [0, 0.1) is 5.92 Å². The molecule has 2 aliphatic rings. The lowest BCUT2D eigenvalue weighted by Gasteiger charge is -2.30. The van der Waals surface area contributed by atoms with Gasteiger partial charge >= 0.3 is 5.97 Å². The minimum atomic E-state index is -1.25. The molecule has 2 aliphatic heterocycles. The maximum Gasteiger partial charge on any atom is 0.334 e. The number of alkyl halides is 1. The summed E-state index contributed by atoms with van der Waals surface area (Å²) in [5.74, 6) is -0.0207. The normalized spacial score (nSPS) is 18.6. The van der Waals surface area contributed by atoms with Gasteiger partial charge in [0.1, 0.15) is 24.0 Å². The van der Waals surface area contributed by atoms with Crippen molar-refractivity contribution in [1.82, 2.24) is 24.2 Å². The Labute approximate surface area is 246 Å². The number of piperidine rings is 1. The van der Waals surface area contributed by atoms with Gasteiger partial charge in [-0.1, -0.05) is 35.3 Å². The predicted molar refractivity (Wildman–Crippen MR) is 154 cm³/mol. The molecule has 12 heteroatoms. The molecule has 1 unspecified atom stereocenters. The average Bonchev–Trinajstić information content (AvgIpc) is 3.67. The zero-order valence-electron chi connectivity index (χ0n) is 22.2. The minimum Gasteiger partial charge on any atom is -0.492 e. The predicted octanol–water partition coefficient (Wildman–Crippen LogP) is 4.86. The Morgan fingerprint density at radius 3 is 2.66 bits per heavy atom. The van der Waals surface area contributed by atoms with Gasteiger partial charge in [-0.2, -0.15) is 5.10 Å². The number of hydrogen-bond acceptors (Lipinski definition) is 6. The first-order valence-electron chi connectivity index (χ1n) is 13.7. The molecule has 4 heterocycles. The van der Waals surface area contributed by atoms with Crippen LogP contribution >= 0.6 is 23.2 Å². The molecule has 0 radical (unpaired) electrons. The van der Waals surface area contributed by atoms with Gasteiger partial charge in [0.2, 0.25) is 0 Å². The van der Waals surface area contributed by atoms with Gasteiger partial charge in [0.15, 0.2) is 6.04 Å². The third-order valence-corrected chi connectivity index (χ3v) is 8.75. The molecule has 2 atom stereocenters. The van der Waals surface area contributed by atoms with Crippen LogP contribution in [0.15, 0.2) is 42.9 Å². The number of aliphatic hydroxyl groups excluding tert-OH is 1. The highest BCUT2D eigenvalue weighted by Gasteiger charge is 2.34. The molecule has 0 spiro atoms. The Balaban J connectivity index is 1.20. The first kappa shape index (κ1) is 28.0. The molecule has 2 N–H and O–H groups in total. The lowest BCUT2D eigenvalue weighted by Crippen LogP contribution is -2.37. The highest BCUT2D eigenvalue weighted by Crippen LogP contribution is 2.39. The van der Waals surface area contributed by atoms with E-state index in [1.54, 1.807) is 16.8 Å².